The Bertz CT molecular complexity index is 350. The lowest BCUT2D eigenvalue weighted by Crippen LogP contribution is -2.01. The molecule has 0 amide bonds. The Morgan fingerprint density at radius 1 is 1.44 bits per heavy atom. The average Bonchev–Trinajstić information content (AvgIpc) is 2.29. The summed E-state index contributed by atoms with van der Waals surface area (Å²) in [7, 11) is 1.69. The van der Waals surface area contributed by atoms with E-state index in [1.54, 1.807) is 7.11 Å². The Morgan fingerprint density at radius 2 is 2.25 bits per heavy atom. The third-order valence-corrected chi connectivity index (χ3v) is 2.23. The van der Waals surface area contributed by atoms with Gasteiger partial charge < -0.3 is 14.7 Å². The quantitative estimate of drug-likeness (QED) is 0.456. The number of hydrogen-bond acceptors (Lipinski definition) is 4. The van der Waals surface area contributed by atoms with Crippen molar-refractivity contribution in [1.29, 1.82) is 0 Å². The molecule has 1 rings (SSSR count). The molecular formula is C12H17NO3. The van der Waals surface area contributed by atoms with Gasteiger partial charge in [-0.1, -0.05) is 17.3 Å². The highest BCUT2D eigenvalue weighted by molar-refractivity contribution is 5.58. The van der Waals surface area contributed by atoms with Crippen LogP contribution in [0.3, 0.4) is 0 Å². The summed E-state index contributed by atoms with van der Waals surface area (Å²) >= 11 is 0. The molecule has 4 nitrogen and oxygen atoms in total. The van der Waals surface area contributed by atoms with Crippen LogP contribution in [0.5, 0.6) is 5.75 Å². The van der Waals surface area contributed by atoms with E-state index in [2.05, 4.69) is 11.2 Å². The van der Waals surface area contributed by atoms with Gasteiger partial charge in [-0.05, 0) is 30.5 Å². The lowest BCUT2D eigenvalue weighted by Gasteiger charge is -2.08. The lowest BCUT2D eigenvalue weighted by atomic mass is 10.1. The summed E-state index contributed by atoms with van der Waals surface area (Å²) in [5, 5.41) is 11.1. The van der Waals surface area contributed by atoms with Gasteiger partial charge in [-0.25, -0.2) is 0 Å². The van der Waals surface area contributed by atoms with Crippen LogP contribution >= 0.6 is 0 Å². The first-order valence-electron chi connectivity index (χ1n) is 5.15. The Kier molecular flexibility index (Phi) is 5.36. The number of nitrogens with zero attached hydrogens (tertiary/aromatic N) is 1. The van der Waals surface area contributed by atoms with Gasteiger partial charge in [-0.2, -0.15) is 0 Å². The van der Waals surface area contributed by atoms with Crippen LogP contribution in [0.25, 0.3) is 0 Å². The molecule has 88 valence electrons. The number of hydrogen-bond donors (Lipinski definition) is 1. The number of benzene rings is 1. The van der Waals surface area contributed by atoms with E-state index >= 15 is 0 Å². The first-order chi connectivity index (χ1) is 7.77. The SMILES string of the molecule is COCCc1ccc(OCC=NO)c(C)c1. The maximum Gasteiger partial charge on any atom is 0.127 e. The molecule has 16 heavy (non-hydrogen) atoms. The molecule has 1 aromatic carbocycles. The van der Waals surface area contributed by atoms with Gasteiger partial charge in [0.25, 0.3) is 0 Å². The summed E-state index contributed by atoms with van der Waals surface area (Å²) in [6.07, 6.45) is 2.20. The first-order valence-corrected chi connectivity index (χ1v) is 5.15. The fourth-order valence-corrected chi connectivity index (χ4v) is 1.41. The fraction of sp³-hybridized carbons (Fsp3) is 0.417. The van der Waals surface area contributed by atoms with Crippen LogP contribution in [-0.4, -0.2) is 31.7 Å². The molecule has 0 spiro atoms. The molecule has 0 aromatic heterocycles. The van der Waals surface area contributed by atoms with Crippen molar-refractivity contribution in [3.05, 3.63) is 29.3 Å². The third kappa shape index (κ3) is 3.90. The molecule has 0 heterocycles. The van der Waals surface area contributed by atoms with Gasteiger partial charge in [0, 0.05) is 7.11 Å². The number of oxime groups is 1. The summed E-state index contributed by atoms with van der Waals surface area (Å²) < 4.78 is 10.4. The molecule has 1 aromatic rings. The van der Waals surface area contributed by atoms with Gasteiger partial charge in [-0.15, -0.1) is 0 Å². The molecule has 0 unspecified atom stereocenters. The number of aryl methyl sites for hydroxylation is 1. The molecule has 0 saturated carbocycles. The molecule has 0 saturated heterocycles. The van der Waals surface area contributed by atoms with Crippen LogP contribution in [0, 0.1) is 6.92 Å². The summed E-state index contributed by atoms with van der Waals surface area (Å²) in [4.78, 5) is 0. The van der Waals surface area contributed by atoms with Gasteiger partial charge in [0.2, 0.25) is 0 Å². The van der Waals surface area contributed by atoms with Crippen LogP contribution in [0.4, 0.5) is 0 Å². The number of rotatable bonds is 6. The molecule has 0 bridgehead atoms. The van der Waals surface area contributed by atoms with Gasteiger partial charge >= 0.3 is 0 Å². The Labute approximate surface area is 95.5 Å². The number of ether oxygens (including phenoxy) is 2. The van der Waals surface area contributed by atoms with E-state index in [4.69, 9.17) is 14.7 Å². The summed E-state index contributed by atoms with van der Waals surface area (Å²) in [6.45, 7) is 2.98. The lowest BCUT2D eigenvalue weighted by molar-refractivity contribution is 0.202. The third-order valence-electron chi connectivity index (χ3n) is 2.23. The van der Waals surface area contributed by atoms with Crippen LogP contribution in [0.15, 0.2) is 23.4 Å². The monoisotopic (exact) mass is 223 g/mol. The van der Waals surface area contributed by atoms with E-state index in [1.807, 2.05) is 19.1 Å². The Hall–Kier alpha value is -1.55. The van der Waals surface area contributed by atoms with Crippen LogP contribution in [0.1, 0.15) is 11.1 Å². The first kappa shape index (κ1) is 12.5. The smallest absolute Gasteiger partial charge is 0.127 e. The largest absolute Gasteiger partial charge is 0.488 e. The highest BCUT2D eigenvalue weighted by atomic mass is 16.5. The maximum atomic E-state index is 8.23. The van der Waals surface area contributed by atoms with Crippen LogP contribution in [-0.2, 0) is 11.2 Å². The molecule has 4 heteroatoms. The van der Waals surface area contributed by atoms with Gasteiger partial charge in [-0.3, -0.25) is 0 Å². The topological polar surface area (TPSA) is 51.0 Å². The van der Waals surface area contributed by atoms with Crippen molar-refractivity contribution in [2.75, 3.05) is 20.3 Å². The van der Waals surface area contributed by atoms with Crippen molar-refractivity contribution in [1.82, 2.24) is 0 Å². The van der Waals surface area contributed by atoms with E-state index in [1.165, 1.54) is 11.8 Å². The predicted octanol–water partition coefficient (Wildman–Crippen LogP) is 2.02. The second kappa shape index (κ2) is 6.85. The minimum Gasteiger partial charge on any atom is -0.488 e. The summed E-state index contributed by atoms with van der Waals surface area (Å²) in [5.74, 6) is 0.807. The minimum absolute atomic E-state index is 0.273. The summed E-state index contributed by atoms with van der Waals surface area (Å²) in [5.41, 5.74) is 2.29. The van der Waals surface area contributed by atoms with Crippen molar-refractivity contribution in [3.8, 4) is 5.75 Å². The molecule has 0 aliphatic rings. The van der Waals surface area contributed by atoms with Gasteiger partial charge in [0.05, 0.1) is 12.8 Å². The molecule has 0 radical (unpaired) electrons. The van der Waals surface area contributed by atoms with Gasteiger partial charge in [0.15, 0.2) is 0 Å². The Balaban J connectivity index is 2.60. The van der Waals surface area contributed by atoms with E-state index in [0.29, 0.717) is 0 Å². The predicted molar refractivity (Wildman–Crippen MR) is 62.5 cm³/mol. The highest BCUT2D eigenvalue weighted by Gasteiger charge is 2.00. The van der Waals surface area contributed by atoms with Crippen LogP contribution < -0.4 is 4.74 Å². The van der Waals surface area contributed by atoms with Crippen molar-refractivity contribution < 1.29 is 14.7 Å². The molecule has 0 aliphatic heterocycles. The second-order valence-corrected chi connectivity index (χ2v) is 3.45. The Morgan fingerprint density at radius 3 is 2.88 bits per heavy atom. The van der Waals surface area contributed by atoms with Gasteiger partial charge in [0.1, 0.15) is 12.4 Å². The van der Waals surface area contributed by atoms with E-state index in [-0.39, 0.29) is 6.61 Å². The number of methoxy groups -OCH3 is 1. The normalized spacial score (nSPS) is 10.9. The van der Waals surface area contributed by atoms with E-state index < -0.39 is 0 Å². The maximum absolute atomic E-state index is 8.23. The minimum atomic E-state index is 0.273. The van der Waals surface area contributed by atoms with Crippen LogP contribution in [0.2, 0.25) is 0 Å². The average molecular weight is 223 g/mol. The molecule has 1 N–H and O–H groups in total. The second-order valence-electron chi connectivity index (χ2n) is 3.45. The van der Waals surface area contributed by atoms with Crippen molar-refractivity contribution >= 4 is 6.21 Å². The molecular weight excluding hydrogens is 206 g/mol. The zero-order chi connectivity index (χ0) is 11.8. The molecule has 0 aliphatic carbocycles. The zero-order valence-electron chi connectivity index (χ0n) is 9.64. The zero-order valence-corrected chi connectivity index (χ0v) is 9.64. The fourth-order valence-electron chi connectivity index (χ4n) is 1.41. The van der Waals surface area contributed by atoms with E-state index in [9.17, 15) is 0 Å². The molecule has 0 atom stereocenters. The van der Waals surface area contributed by atoms with Crippen molar-refractivity contribution in [2.45, 2.75) is 13.3 Å². The standard InChI is InChI=1S/C12H17NO3/c1-10-9-11(5-7-15-2)3-4-12(10)16-8-6-13-14/h3-4,6,9,14H,5,7-8H2,1-2H3. The van der Waals surface area contributed by atoms with Crippen molar-refractivity contribution in [2.24, 2.45) is 5.16 Å². The van der Waals surface area contributed by atoms with E-state index in [0.717, 1.165) is 24.3 Å². The van der Waals surface area contributed by atoms with Crippen molar-refractivity contribution in [3.63, 3.8) is 0 Å². The highest BCUT2D eigenvalue weighted by Crippen LogP contribution is 2.19. The molecule has 0 fully saturated rings. The summed E-state index contributed by atoms with van der Waals surface area (Å²) in [6, 6.07) is 6.01.